The first-order valence-electron chi connectivity index (χ1n) is 4.19. The van der Waals surface area contributed by atoms with Gasteiger partial charge in [-0.2, -0.15) is 0 Å². The van der Waals surface area contributed by atoms with Crippen molar-refractivity contribution in [2.75, 3.05) is 7.11 Å². The van der Waals surface area contributed by atoms with Crippen LogP contribution in [-0.4, -0.2) is 35.1 Å². The molecular formula is C9H10N2O4. The zero-order valence-electron chi connectivity index (χ0n) is 8.34. The summed E-state index contributed by atoms with van der Waals surface area (Å²) in [5.41, 5.74) is 0.188. The average molecular weight is 210 g/mol. The van der Waals surface area contributed by atoms with E-state index in [9.17, 15) is 9.59 Å². The smallest absolute Gasteiger partial charge is 0.346 e. The van der Waals surface area contributed by atoms with Gasteiger partial charge in [-0.05, 0) is 6.92 Å². The van der Waals surface area contributed by atoms with Gasteiger partial charge >= 0.3 is 11.9 Å². The second-order valence-electron chi connectivity index (χ2n) is 2.70. The molecule has 0 saturated carbocycles. The van der Waals surface area contributed by atoms with Gasteiger partial charge in [-0.15, -0.1) is 0 Å². The lowest BCUT2D eigenvalue weighted by molar-refractivity contribution is -0.149. The first-order chi connectivity index (χ1) is 7.15. The molecule has 0 amide bonds. The number of hydrogen-bond donors (Lipinski definition) is 0. The summed E-state index contributed by atoms with van der Waals surface area (Å²) < 4.78 is 9.20. The van der Waals surface area contributed by atoms with E-state index in [-0.39, 0.29) is 5.56 Å². The van der Waals surface area contributed by atoms with Crippen LogP contribution in [0, 0.1) is 0 Å². The van der Waals surface area contributed by atoms with Gasteiger partial charge in [0.1, 0.15) is 6.33 Å². The molecule has 0 radical (unpaired) electrons. The molecule has 0 spiro atoms. The fraction of sp³-hybridized carbons (Fsp3) is 0.333. The van der Waals surface area contributed by atoms with Gasteiger partial charge in [-0.25, -0.2) is 19.6 Å². The van der Waals surface area contributed by atoms with Gasteiger partial charge < -0.3 is 9.47 Å². The molecule has 0 aliphatic rings. The van der Waals surface area contributed by atoms with Crippen LogP contribution < -0.4 is 0 Å². The molecule has 6 heteroatoms. The third-order valence-corrected chi connectivity index (χ3v) is 1.61. The van der Waals surface area contributed by atoms with E-state index in [1.165, 1.54) is 32.8 Å². The van der Waals surface area contributed by atoms with Crippen LogP contribution in [-0.2, 0) is 14.3 Å². The Bertz CT molecular complexity index is 352. The first kappa shape index (κ1) is 11.1. The minimum atomic E-state index is -0.942. The Hall–Kier alpha value is -1.98. The molecule has 0 aliphatic heterocycles. The Labute approximate surface area is 86.2 Å². The third kappa shape index (κ3) is 3.01. The minimum Gasteiger partial charge on any atom is -0.466 e. The summed E-state index contributed by atoms with van der Waals surface area (Å²) in [5.74, 6) is -1.27. The van der Waals surface area contributed by atoms with Gasteiger partial charge in [0.15, 0.2) is 6.10 Å². The highest BCUT2D eigenvalue weighted by atomic mass is 16.6. The monoisotopic (exact) mass is 210 g/mol. The molecule has 0 aromatic carbocycles. The summed E-state index contributed by atoms with van der Waals surface area (Å²) in [6.07, 6.45) is 2.96. The number of hydrogen-bond acceptors (Lipinski definition) is 6. The molecule has 6 nitrogen and oxygen atoms in total. The maximum atomic E-state index is 11.4. The summed E-state index contributed by atoms with van der Waals surface area (Å²) in [6.45, 7) is 1.42. The van der Waals surface area contributed by atoms with E-state index in [2.05, 4.69) is 14.7 Å². The predicted octanol–water partition coefficient (Wildman–Crippen LogP) is 0.195. The Morgan fingerprint density at radius 3 is 2.47 bits per heavy atom. The SMILES string of the molecule is COC(=O)[C@H](C)OC(=O)c1cncnc1. The highest BCUT2D eigenvalue weighted by Crippen LogP contribution is 2.01. The van der Waals surface area contributed by atoms with Crippen LogP contribution in [0.4, 0.5) is 0 Å². The van der Waals surface area contributed by atoms with Gasteiger partial charge in [0.25, 0.3) is 0 Å². The summed E-state index contributed by atoms with van der Waals surface area (Å²) in [7, 11) is 1.22. The fourth-order valence-corrected chi connectivity index (χ4v) is 0.847. The zero-order chi connectivity index (χ0) is 11.3. The maximum absolute atomic E-state index is 11.4. The van der Waals surface area contributed by atoms with Crippen LogP contribution in [0.25, 0.3) is 0 Å². The van der Waals surface area contributed by atoms with Crippen molar-refractivity contribution in [3.05, 3.63) is 24.3 Å². The molecule has 0 aliphatic carbocycles. The van der Waals surface area contributed by atoms with Crippen molar-refractivity contribution in [3.63, 3.8) is 0 Å². The van der Waals surface area contributed by atoms with Crippen molar-refractivity contribution >= 4 is 11.9 Å². The van der Waals surface area contributed by atoms with Gasteiger partial charge in [0, 0.05) is 12.4 Å². The topological polar surface area (TPSA) is 78.4 Å². The molecule has 15 heavy (non-hydrogen) atoms. The normalized spacial score (nSPS) is 11.6. The second kappa shape index (κ2) is 5.04. The van der Waals surface area contributed by atoms with Crippen molar-refractivity contribution in [1.82, 2.24) is 9.97 Å². The molecule has 1 atom stereocenters. The molecule has 1 aromatic heterocycles. The average Bonchev–Trinajstić information content (AvgIpc) is 2.29. The number of aromatic nitrogens is 2. The van der Waals surface area contributed by atoms with E-state index in [1.54, 1.807) is 0 Å². The van der Waals surface area contributed by atoms with E-state index in [1.807, 2.05) is 0 Å². The van der Waals surface area contributed by atoms with Gasteiger partial charge in [-0.3, -0.25) is 0 Å². The highest BCUT2D eigenvalue weighted by Gasteiger charge is 2.19. The maximum Gasteiger partial charge on any atom is 0.346 e. The van der Waals surface area contributed by atoms with Crippen LogP contribution in [0.1, 0.15) is 17.3 Å². The van der Waals surface area contributed by atoms with Crippen LogP contribution in [0.2, 0.25) is 0 Å². The standard InChI is InChI=1S/C9H10N2O4/c1-6(8(12)14-2)15-9(13)7-3-10-5-11-4-7/h3-6H,1-2H3/t6-/m0/s1. The molecule has 80 valence electrons. The minimum absolute atomic E-state index is 0.188. The first-order valence-corrected chi connectivity index (χ1v) is 4.19. The number of rotatable bonds is 3. The molecule has 1 heterocycles. The highest BCUT2D eigenvalue weighted by molar-refractivity contribution is 5.90. The Balaban J connectivity index is 2.61. The summed E-state index contributed by atoms with van der Waals surface area (Å²) in [6, 6.07) is 0. The van der Waals surface area contributed by atoms with Crippen molar-refractivity contribution in [1.29, 1.82) is 0 Å². The van der Waals surface area contributed by atoms with Crippen LogP contribution in [0.3, 0.4) is 0 Å². The number of methoxy groups -OCH3 is 1. The largest absolute Gasteiger partial charge is 0.466 e. The molecule has 0 fully saturated rings. The molecule has 0 bridgehead atoms. The van der Waals surface area contributed by atoms with E-state index in [0.717, 1.165) is 0 Å². The lowest BCUT2D eigenvalue weighted by Gasteiger charge is -2.09. The van der Waals surface area contributed by atoms with Crippen LogP contribution >= 0.6 is 0 Å². The Morgan fingerprint density at radius 1 is 1.33 bits per heavy atom. The van der Waals surface area contributed by atoms with E-state index < -0.39 is 18.0 Å². The summed E-state index contributed by atoms with van der Waals surface area (Å²) in [5, 5.41) is 0. The van der Waals surface area contributed by atoms with E-state index in [0.29, 0.717) is 0 Å². The lowest BCUT2D eigenvalue weighted by Crippen LogP contribution is -2.25. The van der Waals surface area contributed by atoms with Gasteiger partial charge in [0.2, 0.25) is 0 Å². The fourth-order valence-electron chi connectivity index (χ4n) is 0.847. The molecular weight excluding hydrogens is 200 g/mol. The molecule has 1 rings (SSSR count). The van der Waals surface area contributed by atoms with Crippen molar-refractivity contribution in [2.45, 2.75) is 13.0 Å². The quantitative estimate of drug-likeness (QED) is 0.663. The van der Waals surface area contributed by atoms with E-state index in [4.69, 9.17) is 4.74 Å². The number of carbonyl (C=O) groups is 2. The van der Waals surface area contributed by atoms with Crippen LogP contribution in [0.15, 0.2) is 18.7 Å². The molecule has 0 saturated heterocycles. The number of nitrogens with zero attached hydrogens (tertiary/aromatic N) is 2. The van der Waals surface area contributed by atoms with Gasteiger partial charge in [0.05, 0.1) is 12.7 Å². The zero-order valence-corrected chi connectivity index (χ0v) is 8.34. The molecule has 0 unspecified atom stereocenters. The van der Waals surface area contributed by atoms with E-state index >= 15 is 0 Å². The van der Waals surface area contributed by atoms with Crippen molar-refractivity contribution < 1.29 is 19.1 Å². The number of ether oxygens (including phenoxy) is 2. The summed E-state index contributed by atoms with van der Waals surface area (Å²) >= 11 is 0. The predicted molar refractivity (Wildman–Crippen MR) is 48.9 cm³/mol. The third-order valence-electron chi connectivity index (χ3n) is 1.61. The van der Waals surface area contributed by atoms with Crippen molar-refractivity contribution in [2.24, 2.45) is 0 Å². The summed E-state index contributed by atoms with van der Waals surface area (Å²) in [4.78, 5) is 29.6. The van der Waals surface area contributed by atoms with Gasteiger partial charge in [-0.1, -0.05) is 0 Å². The second-order valence-corrected chi connectivity index (χ2v) is 2.70. The number of esters is 2. The molecule has 0 N–H and O–H groups in total. The number of carbonyl (C=O) groups excluding carboxylic acids is 2. The Kier molecular flexibility index (Phi) is 3.73. The van der Waals surface area contributed by atoms with Crippen LogP contribution in [0.5, 0.6) is 0 Å². The van der Waals surface area contributed by atoms with Crippen molar-refractivity contribution in [3.8, 4) is 0 Å². The Morgan fingerprint density at radius 2 is 1.93 bits per heavy atom. The molecule has 1 aromatic rings. The lowest BCUT2D eigenvalue weighted by atomic mass is 10.3.